The summed E-state index contributed by atoms with van der Waals surface area (Å²) < 4.78 is 0. The molecule has 1 aliphatic heterocycles. The third-order valence-electron chi connectivity index (χ3n) is 5.69. The van der Waals surface area contributed by atoms with Crippen molar-refractivity contribution < 1.29 is 4.79 Å². The average Bonchev–Trinajstić information content (AvgIpc) is 3.27. The van der Waals surface area contributed by atoms with Crippen LogP contribution in [0.1, 0.15) is 53.6 Å². The van der Waals surface area contributed by atoms with E-state index in [-0.39, 0.29) is 18.0 Å². The summed E-state index contributed by atoms with van der Waals surface area (Å²) in [5.74, 6) is 0.000672. The molecule has 0 saturated carbocycles. The largest absolute Gasteiger partial charge is 0.362 e. The van der Waals surface area contributed by atoms with Gasteiger partial charge in [-0.2, -0.15) is 0 Å². The van der Waals surface area contributed by atoms with Crippen LogP contribution in [-0.2, 0) is 4.79 Å². The molecule has 6 nitrogen and oxygen atoms in total. The molecule has 7 heteroatoms. The molecule has 1 amide bonds. The lowest BCUT2D eigenvalue weighted by atomic mass is 9.96. The summed E-state index contributed by atoms with van der Waals surface area (Å²) in [5.41, 5.74) is 7.14. The van der Waals surface area contributed by atoms with Gasteiger partial charge < -0.3 is 20.5 Å². The Morgan fingerprint density at radius 2 is 2.00 bits per heavy atom. The lowest BCUT2D eigenvalue weighted by Gasteiger charge is -2.28. The van der Waals surface area contributed by atoms with Crippen molar-refractivity contribution in [3.63, 3.8) is 0 Å². The number of carbonyl (C=O) groups is 1. The van der Waals surface area contributed by atoms with Gasteiger partial charge in [-0.25, -0.2) is 0 Å². The number of nitrogens with one attached hydrogen (secondary N) is 3. The van der Waals surface area contributed by atoms with Crippen molar-refractivity contribution in [1.29, 1.82) is 0 Å². The number of hydrogen-bond acceptors (Lipinski definition) is 3. The number of H-pyrrole nitrogens is 1. The molecular formula is C24H27N5OS. The minimum atomic E-state index is -0.0811. The third kappa shape index (κ3) is 4.05. The highest BCUT2D eigenvalue weighted by atomic mass is 32.1. The number of rotatable bonds is 5. The van der Waals surface area contributed by atoms with Crippen molar-refractivity contribution in [1.82, 2.24) is 15.3 Å². The van der Waals surface area contributed by atoms with Crippen molar-refractivity contribution in [2.24, 2.45) is 0 Å². The summed E-state index contributed by atoms with van der Waals surface area (Å²) in [6.07, 6.45) is 2.26. The fourth-order valence-electron chi connectivity index (χ4n) is 4.18. The molecule has 0 aliphatic carbocycles. The zero-order valence-electron chi connectivity index (χ0n) is 18.2. The molecule has 2 aromatic heterocycles. The van der Waals surface area contributed by atoms with Gasteiger partial charge in [-0.1, -0.05) is 13.0 Å². The second-order valence-corrected chi connectivity index (χ2v) is 8.32. The quantitative estimate of drug-likeness (QED) is 0.501. The van der Waals surface area contributed by atoms with Gasteiger partial charge >= 0.3 is 0 Å². The highest BCUT2D eigenvalue weighted by molar-refractivity contribution is 7.80. The zero-order valence-corrected chi connectivity index (χ0v) is 19.0. The number of aryl methyl sites for hydroxylation is 3. The maximum atomic E-state index is 11.8. The molecule has 3 aromatic rings. The highest BCUT2D eigenvalue weighted by Gasteiger charge is 2.41. The first-order chi connectivity index (χ1) is 14.9. The van der Waals surface area contributed by atoms with E-state index in [1.54, 1.807) is 0 Å². The van der Waals surface area contributed by atoms with Gasteiger partial charge in [0.15, 0.2) is 5.11 Å². The van der Waals surface area contributed by atoms with E-state index in [0.717, 1.165) is 34.0 Å². The van der Waals surface area contributed by atoms with Crippen LogP contribution < -0.4 is 15.5 Å². The summed E-state index contributed by atoms with van der Waals surface area (Å²) in [6.45, 7) is 7.99. The number of aromatic nitrogens is 2. The number of nitrogens with zero attached hydrogens (tertiary/aromatic N) is 2. The summed E-state index contributed by atoms with van der Waals surface area (Å²) in [4.78, 5) is 22.0. The van der Waals surface area contributed by atoms with Gasteiger partial charge in [0.05, 0.1) is 17.8 Å². The van der Waals surface area contributed by atoms with Crippen molar-refractivity contribution in [2.45, 2.75) is 46.2 Å². The molecule has 1 aliphatic rings. The predicted octanol–water partition coefficient (Wildman–Crippen LogP) is 4.86. The maximum Gasteiger partial charge on any atom is 0.224 e. The molecule has 3 heterocycles. The molecule has 1 fully saturated rings. The summed E-state index contributed by atoms with van der Waals surface area (Å²) in [6, 6.07) is 14.0. The second-order valence-electron chi connectivity index (χ2n) is 7.93. The van der Waals surface area contributed by atoms with Crippen molar-refractivity contribution in [3.05, 3.63) is 76.9 Å². The molecule has 1 saturated heterocycles. The van der Waals surface area contributed by atoms with E-state index in [4.69, 9.17) is 12.2 Å². The number of anilines is 2. The Balaban J connectivity index is 1.78. The second kappa shape index (κ2) is 8.51. The lowest BCUT2D eigenvalue weighted by molar-refractivity contribution is -0.115. The highest BCUT2D eigenvalue weighted by Crippen LogP contribution is 2.43. The number of aromatic amines is 1. The Bertz CT molecular complexity index is 1120. The number of benzene rings is 1. The SMILES string of the molecule is CCC(=O)Nc1ccc(N2C(=S)N[C@H](c3ccccn3)[C@H]2c2cc(C)[nH]c2C)cc1C. The standard InChI is InChI=1S/C24H27N5OS/c1-5-21(30)27-19-10-9-17(12-14(19)2)29-23(18-13-15(3)26-16(18)4)22(28-24(29)31)20-8-6-7-11-25-20/h6-13,22-23,26H,5H2,1-4H3,(H,27,30)(H,28,31)/t22-,23-/m1/s1. The first-order valence-corrected chi connectivity index (χ1v) is 10.9. The zero-order chi connectivity index (χ0) is 22.1. The molecule has 2 atom stereocenters. The van der Waals surface area contributed by atoms with Gasteiger partial charge in [0.1, 0.15) is 0 Å². The minimum absolute atomic E-state index is 0.000672. The Morgan fingerprint density at radius 3 is 2.61 bits per heavy atom. The summed E-state index contributed by atoms with van der Waals surface area (Å²) in [5, 5.41) is 7.10. The molecular weight excluding hydrogens is 406 g/mol. The van der Waals surface area contributed by atoms with Gasteiger partial charge in [-0.05, 0) is 80.5 Å². The Morgan fingerprint density at radius 1 is 1.19 bits per heavy atom. The van der Waals surface area contributed by atoms with Gasteiger partial charge in [-0.3, -0.25) is 9.78 Å². The van der Waals surface area contributed by atoms with Crippen LogP contribution >= 0.6 is 12.2 Å². The van der Waals surface area contributed by atoms with E-state index < -0.39 is 0 Å². The molecule has 3 N–H and O–H groups in total. The van der Waals surface area contributed by atoms with Gasteiger partial charge in [0, 0.05) is 35.4 Å². The van der Waals surface area contributed by atoms with E-state index in [1.165, 1.54) is 5.56 Å². The van der Waals surface area contributed by atoms with Gasteiger partial charge in [0.2, 0.25) is 5.91 Å². The normalized spacial score (nSPS) is 18.2. The smallest absolute Gasteiger partial charge is 0.224 e. The summed E-state index contributed by atoms with van der Waals surface area (Å²) >= 11 is 5.80. The maximum absolute atomic E-state index is 11.8. The predicted molar refractivity (Wildman–Crippen MR) is 128 cm³/mol. The van der Waals surface area contributed by atoms with E-state index in [1.807, 2.05) is 50.4 Å². The lowest BCUT2D eigenvalue weighted by Crippen LogP contribution is -2.29. The molecule has 1 aromatic carbocycles. The first kappa shape index (κ1) is 21.1. The van der Waals surface area contributed by atoms with Crippen LogP contribution in [0, 0.1) is 20.8 Å². The van der Waals surface area contributed by atoms with Crippen LogP contribution in [0.25, 0.3) is 0 Å². The first-order valence-electron chi connectivity index (χ1n) is 10.5. The van der Waals surface area contributed by atoms with E-state index >= 15 is 0 Å². The molecule has 160 valence electrons. The molecule has 0 radical (unpaired) electrons. The van der Waals surface area contributed by atoms with Crippen LogP contribution in [0.5, 0.6) is 0 Å². The van der Waals surface area contributed by atoms with Crippen LogP contribution in [0.3, 0.4) is 0 Å². The number of pyridine rings is 1. The molecule has 0 bridgehead atoms. The van der Waals surface area contributed by atoms with Crippen molar-refractivity contribution in [2.75, 3.05) is 10.2 Å². The Labute approximate surface area is 188 Å². The number of hydrogen-bond donors (Lipinski definition) is 3. The monoisotopic (exact) mass is 433 g/mol. The molecule has 0 unspecified atom stereocenters. The fraction of sp³-hybridized carbons (Fsp3) is 0.292. The van der Waals surface area contributed by atoms with Crippen LogP contribution in [0.2, 0.25) is 0 Å². The Kier molecular flexibility index (Phi) is 5.78. The van der Waals surface area contributed by atoms with Crippen molar-refractivity contribution >= 4 is 34.6 Å². The Hall–Kier alpha value is -3.19. The van der Waals surface area contributed by atoms with E-state index in [9.17, 15) is 4.79 Å². The minimum Gasteiger partial charge on any atom is -0.362 e. The molecule has 0 spiro atoms. The van der Waals surface area contributed by atoms with Crippen LogP contribution in [-0.4, -0.2) is 21.0 Å². The van der Waals surface area contributed by atoms with E-state index in [0.29, 0.717) is 11.5 Å². The third-order valence-corrected chi connectivity index (χ3v) is 6.00. The van der Waals surface area contributed by atoms with Gasteiger partial charge in [0.25, 0.3) is 0 Å². The van der Waals surface area contributed by atoms with Crippen LogP contribution in [0.15, 0.2) is 48.7 Å². The molecule has 31 heavy (non-hydrogen) atoms. The molecule has 4 rings (SSSR count). The van der Waals surface area contributed by atoms with Crippen molar-refractivity contribution in [3.8, 4) is 0 Å². The number of carbonyl (C=O) groups excluding carboxylic acids is 1. The van der Waals surface area contributed by atoms with Gasteiger partial charge in [-0.15, -0.1) is 0 Å². The van der Waals surface area contributed by atoms with Crippen LogP contribution in [0.4, 0.5) is 11.4 Å². The number of amides is 1. The summed E-state index contributed by atoms with van der Waals surface area (Å²) in [7, 11) is 0. The average molecular weight is 434 g/mol. The fourth-order valence-corrected chi connectivity index (χ4v) is 4.52. The number of thiocarbonyl (C=S) groups is 1. The topological polar surface area (TPSA) is 73.1 Å². The van der Waals surface area contributed by atoms with E-state index in [2.05, 4.69) is 51.5 Å².